The van der Waals surface area contributed by atoms with Crippen LogP contribution < -0.4 is 4.90 Å². The van der Waals surface area contributed by atoms with E-state index in [1.165, 1.54) is 16.8 Å². The Balaban J connectivity index is 1.59. The van der Waals surface area contributed by atoms with Gasteiger partial charge >= 0.3 is 0 Å². The number of likely N-dealkylation sites (N-methyl/N-ethyl adjacent to an activating group) is 1. The number of hydrogen-bond acceptors (Lipinski definition) is 3. The van der Waals surface area contributed by atoms with E-state index in [-0.39, 0.29) is 5.92 Å². The highest BCUT2D eigenvalue weighted by Gasteiger charge is 2.52. The quantitative estimate of drug-likeness (QED) is 0.298. The topological polar surface area (TPSA) is 43.8 Å². The number of anilines is 1. The first-order valence-corrected chi connectivity index (χ1v) is 11.2. The average molecular weight is 429 g/mol. The zero-order chi connectivity index (χ0) is 22.3. The molecule has 0 amide bonds. The molecular formula is C29H24N4. The standard InChI is InChI=1S/C29H24N4/c1-33-26-19-11-9-17-24(26)28(21-12-4-2-5-13-21)29(33,23-15-6-3-7-16-23)32-31-27-20-22-14-8-10-18-25(22)30-27/h2-20,28,30H,1H3. The molecule has 1 aromatic heterocycles. The average Bonchev–Trinajstić information content (AvgIpc) is 3.41. The van der Waals surface area contributed by atoms with Crippen LogP contribution in [0.5, 0.6) is 0 Å². The molecule has 1 aliphatic heterocycles. The van der Waals surface area contributed by atoms with Crippen molar-refractivity contribution in [2.75, 3.05) is 11.9 Å². The van der Waals surface area contributed by atoms with Gasteiger partial charge in [-0.2, -0.15) is 5.11 Å². The van der Waals surface area contributed by atoms with Crippen molar-refractivity contribution in [3.8, 4) is 0 Å². The van der Waals surface area contributed by atoms with Crippen molar-refractivity contribution in [3.63, 3.8) is 0 Å². The SMILES string of the molecule is CN1c2ccccc2C(c2ccccc2)C1(N=Nc1cc2ccccc2[nH]1)c1ccccc1. The van der Waals surface area contributed by atoms with Crippen LogP contribution in [-0.2, 0) is 5.66 Å². The second kappa shape index (κ2) is 7.75. The van der Waals surface area contributed by atoms with Crippen LogP contribution in [0.1, 0.15) is 22.6 Å². The molecule has 33 heavy (non-hydrogen) atoms. The lowest BCUT2D eigenvalue weighted by Crippen LogP contribution is -2.42. The summed E-state index contributed by atoms with van der Waals surface area (Å²) in [5.74, 6) is 0.748. The van der Waals surface area contributed by atoms with Gasteiger partial charge in [-0.05, 0) is 29.3 Å². The Bertz CT molecular complexity index is 1410. The van der Waals surface area contributed by atoms with Gasteiger partial charge in [0.2, 0.25) is 0 Å². The zero-order valence-electron chi connectivity index (χ0n) is 18.4. The van der Waals surface area contributed by atoms with Gasteiger partial charge < -0.3 is 9.88 Å². The maximum atomic E-state index is 5.16. The minimum Gasteiger partial charge on any atom is -0.344 e. The van der Waals surface area contributed by atoms with E-state index in [1.54, 1.807) is 0 Å². The number of aromatic amines is 1. The third-order valence-corrected chi connectivity index (χ3v) is 6.68. The van der Waals surface area contributed by atoms with Gasteiger partial charge in [0.05, 0.1) is 5.92 Å². The summed E-state index contributed by atoms with van der Waals surface area (Å²) in [7, 11) is 2.12. The summed E-state index contributed by atoms with van der Waals surface area (Å²) in [6, 6.07) is 40.0. The Kier molecular flexibility index (Phi) is 4.58. The van der Waals surface area contributed by atoms with Crippen LogP contribution in [-0.4, -0.2) is 12.0 Å². The summed E-state index contributed by atoms with van der Waals surface area (Å²) in [4.78, 5) is 5.68. The molecule has 4 aromatic carbocycles. The first-order chi connectivity index (χ1) is 16.3. The van der Waals surface area contributed by atoms with Gasteiger partial charge in [0.1, 0.15) is 0 Å². The lowest BCUT2D eigenvalue weighted by Gasteiger charge is -2.38. The number of hydrogen-bond donors (Lipinski definition) is 1. The minimum absolute atomic E-state index is 0.00423. The Morgan fingerprint density at radius 1 is 0.758 bits per heavy atom. The maximum absolute atomic E-state index is 5.16. The molecule has 6 rings (SSSR count). The molecule has 1 aliphatic rings. The van der Waals surface area contributed by atoms with E-state index in [2.05, 4.69) is 114 Å². The number of fused-ring (bicyclic) bond motifs is 2. The van der Waals surface area contributed by atoms with Gasteiger partial charge in [-0.1, -0.05) is 97.1 Å². The molecule has 0 spiro atoms. The van der Waals surface area contributed by atoms with Crippen LogP contribution in [0.4, 0.5) is 11.5 Å². The van der Waals surface area contributed by atoms with Gasteiger partial charge in [-0.15, -0.1) is 5.11 Å². The number of azo groups is 1. The number of nitrogens with one attached hydrogen (secondary N) is 1. The van der Waals surface area contributed by atoms with Crippen LogP contribution in [0.25, 0.3) is 10.9 Å². The minimum atomic E-state index is -0.719. The summed E-state index contributed by atoms with van der Waals surface area (Å²) in [5, 5.41) is 11.1. The summed E-state index contributed by atoms with van der Waals surface area (Å²) in [6.45, 7) is 0. The fourth-order valence-corrected chi connectivity index (χ4v) is 5.16. The lowest BCUT2D eigenvalue weighted by molar-refractivity contribution is 0.397. The molecule has 2 heterocycles. The third-order valence-electron chi connectivity index (χ3n) is 6.68. The van der Waals surface area contributed by atoms with Gasteiger partial charge in [0, 0.05) is 29.2 Å². The van der Waals surface area contributed by atoms with Crippen molar-refractivity contribution in [2.45, 2.75) is 11.6 Å². The second-order valence-corrected chi connectivity index (χ2v) is 8.50. The van der Waals surface area contributed by atoms with E-state index in [4.69, 9.17) is 10.2 Å². The van der Waals surface area contributed by atoms with E-state index in [0.717, 1.165) is 22.3 Å². The van der Waals surface area contributed by atoms with Crippen LogP contribution >= 0.6 is 0 Å². The normalized spacial score (nSPS) is 19.9. The number of rotatable bonds is 4. The first-order valence-electron chi connectivity index (χ1n) is 11.2. The van der Waals surface area contributed by atoms with Crippen molar-refractivity contribution in [1.82, 2.24) is 4.98 Å². The van der Waals surface area contributed by atoms with E-state index in [9.17, 15) is 0 Å². The highest BCUT2D eigenvalue weighted by atomic mass is 15.4. The van der Waals surface area contributed by atoms with Gasteiger partial charge in [0.25, 0.3) is 0 Å². The second-order valence-electron chi connectivity index (χ2n) is 8.50. The third kappa shape index (κ3) is 3.06. The summed E-state index contributed by atoms with van der Waals surface area (Å²) < 4.78 is 0. The largest absolute Gasteiger partial charge is 0.344 e. The summed E-state index contributed by atoms with van der Waals surface area (Å²) >= 11 is 0. The van der Waals surface area contributed by atoms with Crippen molar-refractivity contribution in [1.29, 1.82) is 0 Å². The predicted molar refractivity (Wildman–Crippen MR) is 134 cm³/mol. The van der Waals surface area contributed by atoms with Crippen LogP contribution in [0, 0.1) is 0 Å². The smallest absolute Gasteiger partial charge is 0.189 e. The maximum Gasteiger partial charge on any atom is 0.189 e. The molecule has 0 saturated carbocycles. The Morgan fingerprint density at radius 2 is 1.42 bits per heavy atom. The monoisotopic (exact) mass is 428 g/mol. The Labute approximate surface area is 193 Å². The molecule has 4 heteroatoms. The molecule has 160 valence electrons. The van der Waals surface area contributed by atoms with E-state index in [0.29, 0.717) is 0 Å². The van der Waals surface area contributed by atoms with Crippen LogP contribution in [0.2, 0.25) is 0 Å². The molecule has 0 fully saturated rings. The Hall–Kier alpha value is -4.18. The van der Waals surface area contributed by atoms with Gasteiger partial charge in [-0.25, -0.2) is 0 Å². The number of benzene rings is 4. The number of aromatic nitrogens is 1. The molecule has 1 N–H and O–H groups in total. The molecule has 5 aromatic rings. The molecule has 4 nitrogen and oxygen atoms in total. The van der Waals surface area contributed by atoms with Crippen molar-refractivity contribution >= 4 is 22.4 Å². The first kappa shape index (κ1) is 19.5. The van der Waals surface area contributed by atoms with Gasteiger partial charge in [0.15, 0.2) is 11.5 Å². The fourth-order valence-electron chi connectivity index (χ4n) is 5.16. The lowest BCUT2D eigenvalue weighted by atomic mass is 9.79. The van der Waals surface area contributed by atoms with E-state index >= 15 is 0 Å². The van der Waals surface area contributed by atoms with Crippen LogP contribution in [0.3, 0.4) is 0 Å². The van der Waals surface area contributed by atoms with Gasteiger partial charge in [-0.3, -0.25) is 0 Å². The molecule has 0 bridgehead atoms. The van der Waals surface area contributed by atoms with E-state index in [1.807, 2.05) is 18.2 Å². The number of nitrogens with zero attached hydrogens (tertiary/aromatic N) is 3. The van der Waals surface area contributed by atoms with Crippen molar-refractivity contribution < 1.29 is 0 Å². The number of para-hydroxylation sites is 2. The zero-order valence-corrected chi connectivity index (χ0v) is 18.4. The van der Waals surface area contributed by atoms with Crippen molar-refractivity contribution in [2.24, 2.45) is 10.2 Å². The molecular weight excluding hydrogens is 404 g/mol. The van der Waals surface area contributed by atoms with Crippen molar-refractivity contribution in [3.05, 3.63) is 132 Å². The predicted octanol–water partition coefficient (Wildman–Crippen LogP) is 7.39. The van der Waals surface area contributed by atoms with Crippen LogP contribution in [0.15, 0.2) is 125 Å². The Morgan fingerprint density at radius 3 is 2.21 bits per heavy atom. The highest BCUT2D eigenvalue weighted by molar-refractivity contribution is 5.82. The summed E-state index contributed by atoms with van der Waals surface area (Å²) in [6.07, 6.45) is 0. The molecule has 0 radical (unpaired) electrons. The molecule has 0 saturated heterocycles. The highest BCUT2D eigenvalue weighted by Crippen LogP contribution is 2.56. The molecule has 2 unspecified atom stereocenters. The molecule has 2 atom stereocenters. The number of H-pyrrole nitrogens is 1. The molecule has 0 aliphatic carbocycles. The van der Waals surface area contributed by atoms with E-state index < -0.39 is 5.66 Å². The summed E-state index contributed by atoms with van der Waals surface area (Å²) in [5.41, 5.74) is 5.09. The fraction of sp³-hybridized carbons (Fsp3) is 0.103.